The Labute approximate surface area is 139 Å². The van der Waals surface area contributed by atoms with E-state index in [0.717, 1.165) is 17.0 Å². The lowest BCUT2D eigenvalue weighted by atomic mass is 10.2. The standard InChI is InChI=1S/C20H13N3O/c21-14-15-11-12-23-18(13-15)22-19(16-7-3-1-4-8-16)20(23)24-17-9-5-2-6-10-17/h1-13H. The Morgan fingerprint density at radius 1 is 0.917 bits per heavy atom. The van der Waals surface area contributed by atoms with Crippen molar-refractivity contribution in [3.8, 4) is 29.0 Å². The third-order valence-electron chi connectivity index (χ3n) is 3.72. The zero-order chi connectivity index (χ0) is 16.4. The first-order valence-corrected chi connectivity index (χ1v) is 7.56. The van der Waals surface area contributed by atoms with Gasteiger partial charge in [-0.05, 0) is 24.3 Å². The van der Waals surface area contributed by atoms with Crippen molar-refractivity contribution >= 4 is 5.65 Å². The molecule has 4 nitrogen and oxygen atoms in total. The largest absolute Gasteiger partial charge is 0.438 e. The maximum atomic E-state index is 9.11. The fourth-order valence-electron chi connectivity index (χ4n) is 2.57. The van der Waals surface area contributed by atoms with Crippen molar-refractivity contribution in [2.24, 2.45) is 0 Å². The molecule has 0 atom stereocenters. The first-order chi connectivity index (χ1) is 11.8. The van der Waals surface area contributed by atoms with Gasteiger partial charge in [0.15, 0.2) is 0 Å². The molecule has 0 saturated heterocycles. The Kier molecular flexibility index (Phi) is 3.45. The summed E-state index contributed by atoms with van der Waals surface area (Å²) >= 11 is 0. The summed E-state index contributed by atoms with van der Waals surface area (Å²) in [5, 5.41) is 9.11. The molecule has 2 aromatic heterocycles. The summed E-state index contributed by atoms with van der Waals surface area (Å²) in [5.74, 6) is 1.37. The minimum atomic E-state index is 0.568. The lowest BCUT2D eigenvalue weighted by molar-refractivity contribution is 0.460. The zero-order valence-electron chi connectivity index (χ0n) is 12.8. The molecule has 0 aliphatic carbocycles. The maximum Gasteiger partial charge on any atom is 0.232 e. The van der Waals surface area contributed by atoms with Crippen LogP contribution in [0.1, 0.15) is 5.56 Å². The summed E-state index contributed by atoms with van der Waals surface area (Å²) in [5.41, 5.74) is 2.96. The number of fused-ring (bicyclic) bond motifs is 1. The monoisotopic (exact) mass is 311 g/mol. The van der Waals surface area contributed by atoms with Crippen LogP contribution >= 0.6 is 0 Å². The van der Waals surface area contributed by atoms with Crippen LogP contribution in [0.25, 0.3) is 16.9 Å². The number of aromatic nitrogens is 2. The van der Waals surface area contributed by atoms with Crippen LogP contribution in [0.5, 0.6) is 11.6 Å². The number of para-hydroxylation sites is 1. The van der Waals surface area contributed by atoms with Gasteiger partial charge in [0.2, 0.25) is 5.88 Å². The molecular weight excluding hydrogens is 298 g/mol. The van der Waals surface area contributed by atoms with E-state index < -0.39 is 0 Å². The fraction of sp³-hybridized carbons (Fsp3) is 0. The van der Waals surface area contributed by atoms with Gasteiger partial charge in [-0.3, -0.25) is 4.40 Å². The van der Waals surface area contributed by atoms with Crippen molar-refractivity contribution in [3.63, 3.8) is 0 Å². The van der Waals surface area contributed by atoms with E-state index in [0.29, 0.717) is 17.1 Å². The lowest BCUT2D eigenvalue weighted by Gasteiger charge is -2.07. The molecule has 0 saturated carbocycles. The second kappa shape index (κ2) is 5.90. The van der Waals surface area contributed by atoms with Gasteiger partial charge in [-0.1, -0.05) is 48.5 Å². The fourth-order valence-corrected chi connectivity index (χ4v) is 2.57. The molecule has 0 unspecified atom stereocenters. The van der Waals surface area contributed by atoms with Gasteiger partial charge in [0, 0.05) is 11.8 Å². The van der Waals surface area contributed by atoms with Gasteiger partial charge in [-0.2, -0.15) is 5.26 Å². The molecule has 0 fully saturated rings. The molecule has 24 heavy (non-hydrogen) atoms. The number of nitriles is 1. The topological polar surface area (TPSA) is 50.3 Å². The number of pyridine rings is 1. The lowest BCUT2D eigenvalue weighted by Crippen LogP contribution is -1.92. The van der Waals surface area contributed by atoms with E-state index in [9.17, 15) is 0 Å². The summed E-state index contributed by atoms with van der Waals surface area (Å²) in [6.45, 7) is 0. The van der Waals surface area contributed by atoms with Crippen LogP contribution in [-0.4, -0.2) is 9.38 Å². The molecule has 2 aromatic carbocycles. The number of benzene rings is 2. The summed E-state index contributed by atoms with van der Waals surface area (Å²) in [7, 11) is 0. The van der Waals surface area contributed by atoms with Crippen molar-refractivity contribution in [3.05, 3.63) is 84.6 Å². The van der Waals surface area contributed by atoms with Crippen LogP contribution in [0.3, 0.4) is 0 Å². The Morgan fingerprint density at radius 2 is 1.62 bits per heavy atom. The van der Waals surface area contributed by atoms with E-state index in [1.165, 1.54) is 0 Å². The molecule has 0 aliphatic rings. The normalized spacial score (nSPS) is 10.5. The summed E-state index contributed by atoms with van der Waals surface area (Å²) < 4.78 is 7.97. The molecule has 0 amide bonds. The van der Waals surface area contributed by atoms with Crippen LogP contribution in [0.2, 0.25) is 0 Å². The number of imidazole rings is 1. The van der Waals surface area contributed by atoms with E-state index in [-0.39, 0.29) is 0 Å². The first kappa shape index (κ1) is 14.0. The van der Waals surface area contributed by atoms with Gasteiger partial charge in [0.05, 0.1) is 11.6 Å². The minimum Gasteiger partial charge on any atom is -0.438 e. The molecule has 4 rings (SSSR count). The van der Waals surface area contributed by atoms with Crippen LogP contribution in [0.4, 0.5) is 0 Å². The van der Waals surface area contributed by atoms with E-state index in [1.54, 1.807) is 12.1 Å². The van der Waals surface area contributed by atoms with Gasteiger partial charge in [-0.25, -0.2) is 4.98 Å². The summed E-state index contributed by atoms with van der Waals surface area (Å²) in [6.07, 6.45) is 1.81. The van der Waals surface area contributed by atoms with E-state index in [4.69, 9.17) is 10.00 Å². The third kappa shape index (κ3) is 2.49. The number of rotatable bonds is 3. The molecule has 114 valence electrons. The molecule has 0 N–H and O–H groups in total. The average Bonchev–Trinajstić information content (AvgIpc) is 3.01. The smallest absolute Gasteiger partial charge is 0.232 e. The average molecular weight is 311 g/mol. The van der Waals surface area contributed by atoms with Crippen LogP contribution < -0.4 is 4.74 Å². The first-order valence-electron chi connectivity index (χ1n) is 7.56. The van der Waals surface area contributed by atoms with Crippen LogP contribution in [-0.2, 0) is 0 Å². The third-order valence-corrected chi connectivity index (χ3v) is 3.72. The van der Waals surface area contributed by atoms with Gasteiger partial charge < -0.3 is 4.74 Å². The molecule has 4 heteroatoms. The number of nitrogens with zero attached hydrogens (tertiary/aromatic N) is 3. The maximum absolute atomic E-state index is 9.11. The Hall–Kier alpha value is -3.58. The van der Waals surface area contributed by atoms with Crippen molar-refractivity contribution in [1.29, 1.82) is 5.26 Å². The highest BCUT2D eigenvalue weighted by Gasteiger charge is 2.16. The SMILES string of the molecule is N#Cc1ccn2c(Oc3ccccc3)c(-c3ccccc3)nc2c1. The number of ether oxygens (including phenoxy) is 1. The van der Waals surface area contributed by atoms with E-state index >= 15 is 0 Å². The molecule has 4 aromatic rings. The summed E-state index contributed by atoms with van der Waals surface area (Å²) in [4.78, 5) is 4.67. The molecule has 0 aliphatic heterocycles. The highest BCUT2D eigenvalue weighted by atomic mass is 16.5. The molecular formula is C20H13N3O. The number of hydrogen-bond donors (Lipinski definition) is 0. The molecule has 0 spiro atoms. The zero-order valence-corrected chi connectivity index (χ0v) is 12.8. The molecule has 0 bridgehead atoms. The Bertz CT molecular complexity index is 1030. The molecule has 2 heterocycles. The predicted molar refractivity (Wildman–Crippen MR) is 91.9 cm³/mol. The van der Waals surface area contributed by atoms with Gasteiger partial charge in [0.25, 0.3) is 0 Å². The molecule has 0 radical (unpaired) electrons. The van der Waals surface area contributed by atoms with E-state index in [1.807, 2.05) is 71.3 Å². The second-order valence-corrected chi connectivity index (χ2v) is 5.30. The highest BCUT2D eigenvalue weighted by molar-refractivity contribution is 5.70. The van der Waals surface area contributed by atoms with Crippen LogP contribution in [0, 0.1) is 11.3 Å². The van der Waals surface area contributed by atoms with Crippen molar-refractivity contribution in [2.75, 3.05) is 0 Å². The highest BCUT2D eigenvalue weighted by Crippen LogP contribution is 2.34. The van der Waals surface area contributed by atoms with Crippen molar-refractivity contribution < 1.29 is 4.74 Å². The van der Waals surface area contributed by atoms with Gasteiger partial charge in [0.1, 0.15) is 17.1 Å². The van der Waals surface area contributed by atoms with Crippen molar-refractivity contribution in [2.45, 2.75) is 0 Å². The van der Waals surface area contributed by atoms with Crippen LogP contribution in [0.15, 0.2) is 79.0 Å². The quantitative estimate of drug-likeness (QED) is 0.552. The van der Waals surface area contributed by atoms with Gasteiger partial charge in [-0.15, -0.1) is 0 Å². The number of hydrogen-bond acceptors (Lipinski definition) is 3. The predicted octanol–water partition coefficient (Wildman–Crippen LogP) is 4.67. The van der Waals surface area contributed by atoms with Crippen molar-refractivity contribution in [1.82, 2.24) is 9.38 Å². The Morgan fingerprint density at radius 3 is 2.33 bits per heavy atom. The van der Waals surface area contributed by atoms with E-state index in [2.05, 4.69) is 11.1 Å². The second-order valence-electron chi connectivity index (χ2n) is 5.30. The minimum absolute atomic E-state index is 0.568. The Balaban J connectivity index is 1.93. The van der Waals surface area contributed by atoms with Gasteiger partial charge >= 0.3 is 0 Å². The summed E-state index contributed by atoms with van der Waals surface area (Å²) in [6, 6.07) is 25.1.